The lowest BCUT2D eigenvalue weighted by atomic mass is 10.1. The van der Waals surface area contributed by atoms with E-state index in [1.165, 1.54) is 5.56 Å². The number of aryl methyl sites for hydroxylation is 1. The van der Waals surface area contributed by atoms with Crippen LogP contribution in [0.5, 0.6) is 0 Å². The van der Waals surface area contributed by atoms with Crippen LogP contribution >= 0.6 is 11.6 Å². The van der Waals surface area contributed by atoms with E-state index in [1.807, 2.05) is 6.08 Å². The molecule has 84 valence electrons. The van der Waals surface area contributed by atoms with E-state index in [0.29, 0.717) is 5.88 Å². The number of halogens is 1. The molecule has 0 spiro atoms. The standard InChI is InChI=1S/C13H15ClN2/c1-3-7-16-12-6-5-10(4-2)8-11(12)15-13(16)9-14/h3,5-6,8H,1,4,7,9H2,2H3. The fraction of sp³-hybridized carbons (Fsp3) is 0.308. The normalized spacial score (nSPS) is 10.9. The molecule has 16 heavy (non-hydrogen) atoms. The highest BCUT2D eigenvalue weighted by molar-refractivity contribution is 6.16. The van der Waals surface area contributed by atoms with Crippen LogP contribution in [-0.2, 0) is 18.8 Å². The average molecular weight is 235 g/mol. The minimum absolute atomic E-state index is 0.435. The molecule has 2 rings (SSSR count). The molecule has 0 saturated heterocycles. The van der Waals surface area contributed by atoms with Gasteiger partial charge in [0.05, 0.1) is 16.9 Å². The number of allylic oxidation sites excluding steroid dienone is 1. The first-order chi connectivity index (χ1) is 7.80. The van der Waals surface area contributed by atoms with E-state index in [4.69, 9.17) is 11.6 Å². The van der Waals surface area contributed by atoms with Crippen LogP contribution in [0.25, 0.3) is 11.0 Å². The van der Waals surface area contributed by atoms with Gasteiger partial charge in [-0.05, 0) is 24.1 Å². The Labute approximate surface area is 101 Å². The third-order valence-corrected chi connectivity index (χ3v) is 2.97. The van der Waals surface area contributed by atoms with Gasteiger partial charge in [-0.3, -0.25) is 0 Å². The number of rotatable bonds is 4. The summed E-state index contributed by atoms with van der Waals surface area (Å²) in [7, 11) is 0. The molecule has 0 aliphatic carbocycles. The summed E-state index contributed by atoms with van der Waals surface area (Å²) in [5.74, 6) is 1.34. The Kier molecular flexibility index (Phi) is 3.30. The third-order valence-electron chi connectivity index (χ3n) is 2.73. The summed E-state index contributed by atoms with van der Waals surface area (Å²) in [4.78, 5) is 4.54. The van der Waals surface area contributed by atoms with Crippen molar-refractivity contribution in [2.24, 2.45) is 0 Å². The van der Waals surface area contributed by atoms with Gasteiger partial charge in [0, 0.05) is 6.54 Å². The molecule has 2 nitrogen and oxygen atoms in total. The van der Waals surface area contributed by atoms with Crippen molar-refractivity contribution in [2.75, 3.05) is 0 Å². The first-order valence-corrected chi connectivity index (χ1v) is 5.98. The van der Waals surface area contributed by atoms with Gasteiger partial charge in [-0.2, -0.15) is 0 Å². The van der Waals surface area contributed by atoms with Crippen LogP contribution in [0.3, 0.4) is 0 Å². The molecule has 1 heterocycles. The van der Waals surface area contributed by atoms with E-state index in [9.17, 15) is 0 Å². The maximum absolute atomic E-state index is 5.90. The number of alkyl halides is 1. The van der Waals surface area contributed by atoms with E-state index in [1.54, 1.807) is 0 Å². The molecule has 3 heteroatoms. The molecule has 0 radical (unpaired) electrons. The second-order valence-corrected chi connectivity index (χ2v) is 4.00. The first-order valence-electron chi connectivity index (χ1n) is 5.45. The Morgan fingerprint density at radius 3 is 2.94 bits per heavy atom. The molecule has 0 N–H and O–H groups in total. The zero-order chi connectivity index (χ0) is 11.5. The summed E-state index contributed by atoms with van der Waals surface area (Å²) in [5.41, 5.74) is 3.46. The number of hydrogen-bond acceptors (Lipinski definition) is 1. The predicted octanol–water partition coefficient (Wildman–Crippen LogP) is 3.52. The second kappa shape index (κ2) is 4.71. The molecule has 0 bridgehead atoms. The fourth-order valence-corrected chi connectivity index (χ4v) is 2.08. The summed E-state index contributed by atoms with van der Waals surface area (Å²) in [6.45, 7) is 6.66. The van der Waals surface area contributed by atoms with E-state index in [0.717, 1.165) is 29.8 Å². The first kappa shape index (κ1) is 11.2. The van der Waals surface area contributed by atoms with Gasteiger partial charge < -0.3 is 4.57 Å². The molecule has 0 amide bonds. The minimum atomic E-state index is 0.435. The Bertz CT molecular complexity index is 514. The molecular formula is C13H15ClN2. The molecule has 1 aromatic heterocycles. The highest BCUT2D eigenvalue weighted by atomic mass is 35.5. The number of fused-ring (bicyclic) bond motifs is 1. The summed E-state index contributed by atoms with van der Waals surface area (Å²) >= 11 is 5.90. The maximum atomic E-state index is 5.90. The van der Waals surface area contributed by atoms with Crippen molar-refractivity contribution < 1.29 is 0 Å². The highest BCUT2D eigenvalue weighted by Gasteiger charge is 2.08. The van der Waals surface area contributed by atoms with Crippen LogP contribution in [0.4, 0.5) is 0 Å². The van der Waals surface area contributed by atoms with E-state index < -0.39 is 0 Å². The Morgan fingerprint density at radius 1 is 1.50 bits per heavy atom. The molecule has 0 atom stereocenters. The van der Waals surface area contributed by atoms with Gasteiger partial charge in [-0.15, -0.1) is 18.2 Å². The van der Waals surface area contributed by atoms with Gasteiger partial charge in [-0.25, -0.2) is 4.98 Å². The molecule has 0 unspecified atom stereocenters. The van der Waals surface area contributed by atoms with Gasteiger partial charge >= 0.3 is 0 Å². The predicted molar refractivity (Wildman–Crippen MR) is 68.9 cm³/mol. The van der Waals surface area contributed by atoms with Crippen molar-refractivity contribution >= 4 is 22.6 Å². The number of imidazole rings is 1. The van der Waals surface area contributed by atoms with Crippen molar-refractivity contribution in [3.63, 3.8) is 0 Å². The van der Waals surface area contributed by atoms with E-state index in [-0.39, 0.29) is 0 Å². The minimum Gasteiger partial charge on any atom is -0.323 e. The topological polar surface area (TPSA) is 17.8 Å². The second-order valence-electron chi connectivity index (χ2n) is 3.74. The lowest BCUT2D eigenvalue weighted by Crippen LogP contribution is -1.99. The molecule has 0 fully saturated rings. The average Bonchev–Trinajstić information content (AvgIpc) is 2.67. The van der Waals surface area contributed by atoms with Crippen molar-refractivity contribution in [3.8, 4) is 0 Å². The Morgan fingerprint density at radius 2 is 2.31 bits per heavy atom. The molecule has 1 aromatic carbocycles. The molecule has 0 aliphatic heterocycles. The van der Waals surface area contributed by atoms with E-state index in [2.05, 4.69) is 41.3 Å². The lowest BCUT2D eigenvalue weighted by Gasteiger charge is -2.03. The van der Waals surface area contributed by atoms with E-state index >= 15 is 0 Å². The van der Waals surface area contributed by atoms with Crippen LogP contribution in [0.2, 0.25) is 0 Å². The summed E-state index contributed by atoms with van der Waals surface area (Å²) in [6.07, 6.45) is 2.89. The zero-order valence-electron chi connectivity index (χ0n) is 9.41. The van der Waals surface area contributed by atoms with Crippen molar-refractivity contribution in [1.29, 1.82) is 0 Å². The monoisotopic (exact) mass is 234 g/mol. The number of aromatic nitrogens is 2. The summed E-state index contributed by atoms with van der Waals surface area (Å²) in [5, 5.41) is 0. The van der Waals surface area contributed by atoms with Gasteiger partial charge in [0.15, 0.2) is 0 Å². The quantitative estimate of drug-likeness (QED) is 0.585. The molecule has 0 aliphatic rings. The molecule has 2 aromatic rings. The van der Waals surface area contributed by atoms with Crippen LogP contribution in [-0.4, -0.2) is 9.55 Å². The van der Waals surface area contributed by atoms with Gasteiger partial charge in [0.2, 0.25) is 0 Å². The van der Waals surface area contributed by atoms with Crippen molar-refractivity contribution in [3.05, 3.63) is 42.2 Å². The van der Waals surface area contributed by atoms with Crippen molar-refractivity contribution in [1.82, 2.24) is 9.55 Å². The van der Waals surface area contributed by atoms with Gasteiger partial charge in [0.1, 0.15) is 5.82 Å². The number of hydrogen-bond donors (Lipinski definition) is 0. The maximum Gasteiger partial charge on any atom is 0.125 e. The molecular weight excluding hydrogens is 220 g/mol. The summed E-state index contributed by atoms with van der Waals surface area (Å²) in [6, 6.07) is 6.38. The zero-order valence-corrected chi connectivity index (χ0v) is 10.2. The van der Waals surface area contributed by atoms with Crippen LogP contribution in [0.15, 0.2) is 30.9 Å². The molecule has 0 saturated carbocycles. The highest BCUT2D eigenvalue weighted by Crippen LogP contribution is 2.19. The Balaban J connectivity index is 2.62. The third kappa shape index (κ3) is 1.85. The van der Waals surface area contributed by atoms with Gasteiger partial charge in [-0.1, -0.05) is 19.1 Å². The van der Waals surface area contributed by atoms with Gasteiger partial charge in [0.25, 0.3) is 0 Å². The summed E-state index contributed by atoms with van der Waals surface area (Å²) < 4.78 is 2.11. The number of benzene rings is 1. The fourth-order valence-electron chi connectivity index (χ4n) is 1.88. The smallest absolute Gasteiger partial charge is 0.125 e. The SMILES string of the molecule is C=CCn1c(CCl)nc2cc(CC)ccc21. The van der Waals surface area contributed by atoms with Crippen molar-refractivity contribution in [2.45, 2.75) is 25.8 Å². The lowest BCUT2D eigenvalue weighted by molar-refractivity contribution is 0.799. The van der Waals surface area contributed by atoms with Crippen LogP contribution in [0.1, 0.15) is 18.3 Å². The number of nitrogens with zero attached hydrogens (tertiary/aromatic N) is 2. The Hall–Kier alpha value is -1.28. The van der Waals surface area contributed by atoms with Crippen LogP contribution in [0, 0.1) is 0 Å². The van der Waals surface area contributed by atoms with Crippen LogP contribution < -0.4 is 0 Å². The largest absolute Gasteiger partial charge is 0.323 e.